The minimum absolute atomic E-state index is 0.161. The number of hydrogen-bond acceptors (Lipinski definition) is 2. The van der Waals surface area contributed by atoms with E-state index in [0.717, 1.165) is 24.3 Å². The molecule has 2 aromatic rings. The van der Waals surface area contributed by atoms with E-state index >= 15 is 0 Å². The molecule has 0 atom stereocenters. The summed E-state index contributed by atoms with van der Waals surface area (Å²) in [5.41, 5.74) is -0.161. The van der Waals surface area contributed by atoms with Crippen molar-refractivity contribution in [2.45, 2.75) is 10.6 Å². The summed E-state index contributed by atoms with van der Waals surface area (Å²) < 4.78 is 63.0. The van der Waals surface area contributed by atoms with Gasteiger partial charge in [0.15, 0.2) is 9.84 Å². The Bertz CT molecular complexity index is 712. The van der Waals surface area contributed by atoms with Gasteiger partial charge in [0.2, 0.25) is 0 Å². The first-order valence-corrected chi connectivity index (χ1v) is 6.96. The van der Waals surface area contributed by atoms with Crippen LogP contribution in [0.25, 0.3) is 0 Å². The molecule has 0 bridgehead atoms. The fourth-order valence-corrected chi connectivity index (χ4v) is 2.98. The molecule has 0 aliphatic heterocycles. The van der Waals surface area contributed by atoms with E-state index in [4.69, 9.17) is 0 Å². The molecule has 0 aliphatic carbocycles. The third kappa shape index (κ3) is 3.14. The predicted octanol–water partition coefficient (Wildman–Crippen LogP) is 3.08. The van der Waals surface area contributed by atoms with Crippen LogP contribution in [0.4, 0.5) is 13.2 Å². The molecule has 6 heteroatoms. The molecule has 0 radical (unpaired) electrons. The molecule has 0 heterocycles. The maximum absolute atomic E-state index is 13.4. The summed E-state index contributed by atoms with van der Waals surface area (Å²) >= 11 is 0. The Morgan fingerprint density at radius 1 is 0.895 bits per heavy atom. The van der Waals surface area contributed by atoms with Crippen LogP contribution in [0.1, 0.15) is 5.56 Å². The fourth-order valence-electron chi connectivity index (χ4n) is 1.59. The first-order chi connectivity index (χ1) is 8.88. The van der Waals surface area contributed by atoms with Crippen LogP contribution in [0.15, 0.2) is 47.4 Å². The van der Waals surface area contributed by atoms with Gasteiger partial charge < -0.3 is 0 Å². The lowest BCUT2D eigenvalue weighted by Gasteiger charge is -2.06. The number of hydrogen-bond donors (Lipinski definition) is 0. The van der Waals surface area contributed by atoms with Crippen molar-refractivity contribution in [2.75, 3.05) is 0 Å². The highest BCUT2D eigenvalue weighted by atomic mass is 32.2. The normalized spacial score (nSPS) is 11.5. The quantitative estimate of drug-likeness (QED) is 0.869. The van der Waals surface area contributed by atoms with Crippen molar-refractivity contribution in [1.82, 2.24) is 0 Å². The zero-order valence-electron chi connectivity index (χ0n) is 9.61. The van der Waals surface area contributed by atoms with Crippen molar-refractivity contribution in [3.63, 3.8) is 0 Å². The van der Waals surface area contributed by atoms with E-state index in [2.05, 4.69) is 0 Å². The van der Waals surface area contributed by atoms with Crippen molar-refractivity contribution in [1.29, 1.82) is 0 Å². The van der Waals surface area contributed by atoms with Gasteiger partial charge in [-0.05, 0) is 24.3 Å². The summed E-state index contributed by atoms with van der Waals surface area (Å²) in [6, 6.07) is 7.08. The molecule has 2 nitrogen and oxygen atoms in total. The molecule has 0 unspecified atom stereocenters. The Morgan fingerprint density at radius 3 is 2.21 bits per heavy atom. The van der Waals surface area contributed by atoms with Crippen LogP contribution in [0.5, 0.6) is 0 Å². The van der Waals surface area contributed by atoms with E-state index in [1.807, 2.05) is 0 Å². The Labute approximate surface area is 108 Å². The molecule has 19 heavy (non-hydrogen) atoms. The Morgan fingerprint density at radius 2 is 1.58 bits per heavy atom. The number of rotatable bonds is 3. The Balaban J connectivity index is 2.36. The molecular formula is C13H9F3O2S. The van der Waals surface area contributed by atoms with Gasteiger partial charge in [0, 0.05) is 11.6 Å². The van der Waals surface area contributed by atoms with E-state index in [9.17, 15) is 21.6 Å². The zero-order valence-corrected chi connectivity index (χ0v) is 10.4. The Kier molecular flexibility index (Phi) is 3.61. The minimum atomic E-state index is -3.87. The second-order valence-corrected chi connectivity index (χ2v) is 5.94. The molecule has 100 valence electrons. The van der Waals surface area contributed by atoms with Gasteiger partial charge in [-0.3, -0.25) is 0 Å². The number of halogens is 3. The molecule has 0 aliphatic rings. The van der Waals surface area contributed by atoms with E-state index in [-0.39, 0.29) is 10.5 Å². The van der Waals surface area contributed by atoms with E-state index < -0.39 is 33.0 Å². The lowest BCUT2D eigenvalue weighted by atomic mass is 10.2. The first-order valence-electron chi connectivity index (χ1n) is 5.31. The molecular weight excluding hydrogens is 277 g/mol. The highest BCUT2D eigenvalue weighted by Gasteiger charge is 2.18. The van der Waals surface area contributed by atoms with Crippen LogP contribution in [0.3, 0.4) is 0 Å². The highest BCUT2D eigenvalue weighted by Crippen LogP contribution is 2.19. The average molecular weight is 286 g/mol. The zero-order chi connectivity index (χ0) is 14.0. The molecule has 2 aromatic carbocycles. The topological polar surface area (TPSA) is 34.1 Å². The summed E-state index contributed by atoms with van der Waals surface area (Å²) in [7, 11) is -3.87. The van der Waals surface area contributed by atoms with Gasteiger partial charge in [0.25, 0.3) is 0 Å². The highest BCUT2D eigenvalue weighted by molar-refractivity contribution is 7.90. The monoisotopic (exact) mass is 286 g/mol. The maximum atomic E-state index is 13.4. The van der Waals surface area contributed by atoms with Gasteiger partial charge in [-0.2, -0.15) is 0 Å². The van der Waals surface area contributed by atoms with E-state index in [0.29, 0.717) is 6.07 Å². The van der Waals surface area contributed by atoms with E-state index in [1.165, 1.54) is 12.1 Å². The summed E-state index contributed by atoms with van der Waals surface area (Å²) in [4.78, 5) is -0.240. The SMILES string of the molecule is O=S(=O)(Cc1ccc(F)cc1F)c1cccc(F)c1. The van der Waals surface area contributed by atoms with Gasteiger partial charge >= 0.3 is 0 Å². The molecule has 0 saturated heterocycles. The van der Waals surface area contributed by atoms with E-state index in [1.54, 1.807) is 0 Å². The summed E-state index contributed by atoms with van der Waals surface area (Å²) in [5.74, 6) is -3.08. The lowest BCUT2D eigenvalue weighted by molar-refractivity contribution is 0.568. The van der Waals surface area contributed by atoms with Gasteiger partial charge in [-0.1, -0.05) is 12.1 Å². The van der Waals surface area contributed by atoms with Crippen LogP contribution >= 0.6 is 0 Å². The number of benzene rings is 2. The van der Waals surface area contributed by atoms with Gasteiger partial charge in [0.05, 0.1) is 10.6 Å². The average Bonchev–Trinajstić information content (AvgIpc) is 2.33. The molecule has 0 spiro atoms. The second kappa shape index (κ2) is 5.05. The van der Waals surface area contributed by atoms with Crippen LogP contribution in [0, 0.1) is 17.5 Å². The van der Waals surface area contributed by atoms with Crippen molar-refractivity contribution in [3.05, 3.63) is 65.5 Å². The molecule has 0 N–H and O–H groups in total. The summed E-state index contributed by atoms with van der Waals surface area (Å²) in [6.07, 6.45) is 0. The smallest absolute Gasteiger partial charge is 0.182 e. The molecule has 0 fully saturated rings. The van der Waals surface area contributed by atoms with Crippen molar-refractivity contribution < 1.29 is 21.6 Å². The van der Waals surface area contributed by atoms with Gasteiger partial charge in [-0.15, -0.1) is 0 Å². The largest absolute Gasteiger partial charge is 0.223 e. The van der Waals surface area contributed by atoms with Crippen LogP contribution in [-0.4, -0.2) is 8.42 Å². The third-order valence-electron chi connectivity index (χ3n) is 2.52. The fraction of sp³-hybridized carbons (Fsp3) is 0.0769. The molecule has 0 aromatic heterocycles. The Hall–Kier alpha value is -1.82. The molecule has 2 rings (SSSR count). The summed E-state index contributed by atoms with van der Waals surface area (Å²) in [5, 5.41) is 0. The second-order valence-electron chi connectivity index (χ2n) is 3.95. The predicted molar refractivity (Wildman–Crippen MR) is 63.6 cm³/mol. The first kappa shape index (κ1) is 13.6. The van der Waals surface area contributed by atoms with Crippen LogP contribution < -0.4 is 0 Å². The van der Waals surface area contributed by atoms with Crippen molar-refractivity contribution >= 4 is 9.84 Å². The lowest BCUT2D eigenvalue weighted by Crippen LogP contribution is -2.07. The van der Waals surface area contributed by atoms with Crippen molar-refractivity contribution in [2.24, 2.45) is 0 Å². The van der Waals surface area contributed by atoms with Crippen LogP contribution in [-0.2, 0) is 15.6 Å². The van der Waals surface area contributed by atoms with Gasteiger partial charge in [0.1, 0.15) is 17.5 Å². The standard InChI is InChI=1S/C13H9F3O2S/c14-10-2-1-3-12(6-10)19(17,18)8-9-4-5-11(15)7-13(9)16/h1-7H,8H2. The molecule has 0 saturated carbocycles. The maximum Gasteiger partial charge on any atom is 0.182 e. The minimum Gasteiger partial charge on any atom is -0.223 e. The van der Waals surface area contributed by atoms with Crippen LogP contribution in [0.2, 0.25) is 0 Å². The summed E-state index contributed by atoms with van der Waals surface area (Å²) in [6.45, 7) is 0. The van der Waals surface area contributed by atoms with Gasteiger partial charge in [-0.25, -0.2) is 21.6 Å². The molecule has 0 amide bonds. The van der Waals surface area contributed by atoms with Crippen molar-refractivity contribution in [3.8, 4) is 0 Å². The number of sulfone groups is 1. The third-order valence-corrected chi connectivity index (χ3v) is 4.18.